The zero-order valence-electron chi connectivity index (χ0n) is 10.3. The third-order valence-corrected chi connectivity index (χ3v) is 2.94. The van der Waals surface area contributed by atoms with Crippen molar-refractivity contribution in [2.45, 2.75) is 39.0 Å². The molecule has 0 aromatic heterocycles. The maximum absolute atomic E-state index is 5.25. The van der Waals surface area contributed by atoms with E-state index in [0.717, 1.165) is 6.61 Å². The van der Waals surface area contributed by atoms with Crippen molar-refractivity contribution in [3.8, 4) is 0 Å². The lowest BCUT2D eigenvalue weighted by atomic mass is 9.96. The first kappa shape index (κ1) is 12.3. The van der Waals surface area contributed by atoms with Crippen molar-refractivity contribution in [2.75, 3.05) is 13.7 Å². The van der Waals surface area contributed by atoms with E-state index in [0.29, 0.717) is 5.41 Å². The summed E-state index contributed by atoms with van der Waals surface area (Å²) in [6.45, 7) is 7.00. The summed E-state index contributed by atoms with van der Waals surface area (Å²) in [5, 5.41) is 0. The van der Waals surface area contributed by atoms with Gasteiger partial charge in [0, 0.05) is 12.5 Å². The zero-order valence-corrected chi connectivity index (χ0v) is 10.3. The lowest BCUT2D eigenvalue weighted by Crippen LogP contribution is -2.13. The van der Waals surface area contributed by atoms with Gasteiger partial charge < -0.3 is 4.74 Å². The van der Waals surface area contributed by atoms with Gasteiger partial charge in [-0.2, -0.15) is 0 Å². The molecule has 2 rings (SSSR count). The SMILES string of the molecule is CC.COCC1(c2ccc(C)cc2)CC1. The summed E-state index contributed by atoms with van der Waals surface area (Å²) in [5.74, 6) is 0. The monoisotopic (exact) mass is 206 g/mol. The summed E-state index contributed by atoms with van der Waals surface area (Å²) in [4.78, 5) is 0. The van der Waals surface area contributed by atoms with Crippen molar-refractivity contribution < 1.29 is 4.74 Å². The highest BCUT2D eigenvalue weighted by atomic mass is 16.5. The summed E-state index contributed by atoms with van der Waals surface area (Å²) in [6.07, 6.45) is 2.56. The van der Waals surface area contributed by atoms with Crippen molar-refractivity contribution in [3.05, 3.63) is 35.4 Å². The summed E-state index contributed by atoms with van der Waals surface area (Å²) in [6, 6.07) is 8.85. The van der Waals surface area contributed by atoms with Gasteiger partial charge >= 0.3 is 0 Å². The molecule has 0 aliphatic heterocycles. The Morgan fingerprint density at radius 3 is 2.07 bits per heavy atom. The topological polar surface area (TPSA) is 9.23 Å². The van der Waals surface area contributed by atoms with Crippen molar-refractivity contribution >= 4 is 0 Å². The standard InChI is InChI=1S/C12H16O.C2H6/c1-10-3-5-11(6-4-10)12(7-8-12)9-13-2;1-2/h3-6H,7-9H2,1-2H3;1-2H3. The van der Waals surface area contributed by atoms with Gasteiger partial charge in [-0.25, -0.2) is 0 Å². The van der Waals surface area contributed by atoms with Crippen molar-refractivity contribution in [1.29, 1.82) is 0 Å². The van der Waals surface area contributed by atoms with Crippen LogP contribution < -0.4 is 0 Å². The number of hydrogen-bond donors (Lipinski definition) is 0. The molecule has 0 unspecified atom stereocenters. The van der Waals surface area contributed by atoms with Crippen LogP contribution in [0.1, 0.15) is 37.8 Å². The average Bonchev–Trinajstić information content (AvgIpc) is 3.03. The minimum atomic E-state index is 0.364. The molecule has 1 aliphatic rings. The highest BCUT2D eigenvalue weighted by Crippen LogP contribution is 2.48. The van der Waals surface area contributed by atoms with E-state index in [1.54, 1.807) is 7.11 Å². The van der Waals surface area contributed by atoms with Crippen LogP contribution in [0.25, 0.3) is 0 Å². The number of ether oxygens (including phenoxy) is 1. The fourth-order valence-corrected chi connectivity index (χ4v) is 1.85. The first-order valence-corrected chi connectivity index (χ1v) is 5.83. The van der Waals surface area contributed by atoms with E-state index in [1.165, 1.54) is 24.0 Å². The van der Waals surface area contributed by atoms with E-state index >= 15 is 0 Å². The summed E-state index contributed by atoms with van der Waals surface area (Å²) < 4.78 is 5.25. The largest absolute Gasteiger partial charge is 0.384 e. The predicted molar refractivity (Wildman–Crippen MR) is 65.3 cm³/mol. The van der Waals surface area contributed by atoms with Gasteiger partial charge in [-0.1, -0.05) is 43.7 Å². The summed E-state index contributed by atoms with van der Waals surface area (Å²) >= 11 is 0. The molecule has 0 spiro atoms. The number of methoxy groups -OCH3 is 1. The van der Waals surface area contributed by atoms with E-state index in [1.807, 2.05) is 13.8 Å². The fraction of sp³-hybridized carbons (Fsp3) is 0.571. The summed E-state index contributed by atoms with van der Waals surface area (Å²) in [7, 11) is 1.79. The molecule has 0 heterocycles. The third-order valence-electron chi connectivity index (χ3n) is 2.94. The molecule has 1 saturated carbocycles. The molecule has 1 heteroatoms. The van der Waals surface area contributed by atoms with Crippen LogP contribution in [0.2, 0.25) is 0 Å². The molecule has 1 nitrogen and oxygen atoms in total. The van der Waals surface area contributed by atoms with Crippen LogP contribution in [0.5, 0.6) is 0 Å². The Balaban J connectivity index is 0.000000531. The first-order valence-electron chi connectivity index (χ1n) is 5.83. The van der Waals surface area contributed by atoms with Crippen molar-refractivity contribution in [1.82, 2.24) is 0 Å². The van der Waals surface area contributed by atoms with Crippen LogP contribution in [0, 0.1) is 6.92 Å². The Morgan fingerprint density at radius 1 is 1.13 bits per heavy atom. The lowest BCUT2D eigenvalue weighted by Gasteiger charge is -2.14. The van der Waals surface area contributed by atoms with Gasteiger partial charge in [0.05, 0.1) is 6.61 Å². The Bertz CT molecular complexity index is 283. The number of hydrogen-bond acceptors (Lipinski definition) is 1. The summed E-state index contributed by atoms with van der Waals surface area (Å²) in [5.41, 5.74) is 3.14. The average molecular weight is 206 g/mol. The molecule has 15 heavy (non-hydrogen) atoms. The molecule has 0 radical (unpaired) electrons. The highest BCUT2D eigenvalue weighted by molar-refractivity contribution is 5.33. The molecular weight excluding hydrogens is 184 g/mol. The van der Waals surface area contributed by atoms with Gasteiger partial charge in [-0.15, -0.1) is 0 Å². The smallest absolute Gasteiger partial charge is 0.0559 e. The van der Waals surface area contributed by atoms with Crippen LogP contribution in [-0.2, 0) is 10.2 Å². The zero-order chi connectivity index (χ0) is 11.3. The second kappa shape index (κ2) is 5.32. The maximum Gasteiger partial charge on any atom is 0.0559 e. The molecule has 0 saturated heterocycles. The van der Waals surface area contributed by atoms with E-state index < -0.39 is 0 Å². The molecule has 84 valence electrons. The molecule has 0 bridgehead atoms. The van der Waals surface area contributed by atoms with Crippen LogP contribution in [0.15, 0.2) is 24.3 Å². The lowest BCUT2D eigenvalue weighted by molar-refractivity contribution is 0.171. The molecule has 0 atom stereocenters. The quantitative estimate of drug-likeness (QED) is 0.732. The van der Waals surface area contributed by atoms with Gasteiger partial charge in [0.1, 0.15) is 0 Å². The second-order valence-corrected chi connectivity index (χ2v) is 4.08. The molecule has 1 aromatic carbocycles. The molecular formula is C14H22O. The van der Waals surface area contributed by atoms with E-state index in [9.17, 15) is 0 Å². The Kier molecular flexibility index (Phi) is 4.34. The minimum absolute atomic E-state index is 0.364. The normalized spacial score (nSPS) is 16.5. The van der Waals surface area contributed by atoms with Gasteiger partial charge in [0.15, 0.2) is 0 Å². The number of rotatable bonds is 3. The minimum Gasteiger partial charge on any atom is -0.384 e. The Morgan fingerprint density at radius 2 is 1.67 bits per heavy atom. The van der Waals surface area contributed by atoms with Gasteiger partial charge in [0.25, 0.3) is 0 Å². The van der Waals surface area contributed by atoms with Crippen LogP contribution in [-0.4, -0.2) is 13.7 Å². The fourth-order valence-electron chi connectivity index (χ4n) is 1.85. The van der Waals surface area contributed by atoms with Crippen molar-refractivity contribution in [2.24, 2.45) is 0 Å². The number of aryl methyl sites for hydroxylation is 1. The Labute approximate surface area is 93.5 Å². The Hall–Kier alpha value is -0.820. The van der Waals surface area contributed by atoms with Crippen molar-refractivity contribution in [3.63, 3.8) is 0 Å². The van der Waals surface area contributed by atoms with Crippen LogP contribution in [0.3, 0.4) is 0 Å². The highest BCUT2D eigenvalue weighted by Gasteiger charge is 2.43. The number of benzene rings is 1. The third kappa shape index (κ3) is 2.82. The van der Waals surface area contributed by atoms with E-state index in [4.69, 9.17) is 4.74 Å². The molecule has 0 N–H and O–H groups in total. The van der Waals surface area contributed by atoms with Gasteiger partial charge in [-0.3, -0.25) is 0 Å². The van der Waals surface area contributed by atoms with Gasteiger partial charge in [0.2, 0.25) is 0 Å². The van der Waals surface area contributed by atoms with E-state index in [-0.39, 0.29) is 0 Å². The molecule has 1 aromatic rings. The molecule has 1 fully saturated rings. The first-order chi connectivity index (χ1) is 7.27. The van der Waals surface area contributed by atoms with Crippen LogP contribution in [0.4, 0.5) is 0 Å². The van der Waals surface area contributed by atoms with E-state index in [2.05, 4.69) is 31.2 Å². The van der Waals surface area contributed by atoms with Crippen LogP contribution >= 0.6 is 0 Å². The molecule has 1 aliphatic carbocycles. The second-order valence-electron chi connectivity index (χ2n) is 4.08. The molecule has 0 amide bonds. The van der Waals surface area contributed by atoms with Gasteiger partial charge in [-0.05, 0) is 25.3 Å². The predicted octanol–water partition coefficient (Wildman–Crippen LogP) is 3.70. The maximum atomic E-state index is 5.25.